The lowest BCUT2D eigenvalue weighted by molar-refractivity contribution is -0.124. The fourth-order valence-electron chi connectivity index (χ4n) is 2.73. The summed E-state index contributed by atoms with van der Waals surface area (Å²) in [5.74, 6) is -0.429. The van der Waals surface area contributed by atoms with Crippen LogP contribution in [0.1, 0.15) is 13.3 Å². The summed E-state index contributed by atoms with van der Waals surface area (Å²) in [4.78, 5) is 31.7. The largest absolute Gasteiger partial charge is 0.322 e. The number of halogens is 1. The van der Waals surface area contributed by atoms with Crippen LogP contribution in [0.15, 0.2) is 53.9 Å². The molecule has 3 rings (SSSR count). The van der Waals surface area contributed by atoms with Crippen LogP contribution >= 0.6 is 11.8 Å². The first-order valence-electron chi connectivity index (χ1n) is 8.32. The van der Waals surface area contributed by atoms with Gasteiger partial charge in [0.25, 0.3) is 0 Å². The first kappa shape index (κ1) is 19.0. The van der Waals surface area contributed by atoms with Crippen molar-refractivity contribution in [3.8, 4) is 22.5 Å². The van der Waals surface area contributed by atoms with Crippen LogP contribution in [-0.2, 0) is 16.6 Å². The van der Waals surface area contributed by atoms with E-state index in [1.165, 1.54) is 30.8 Å². The molecule has 0 radical (unpaired) electrons. The third kappa shape index (κ3) is 4.49. The lowest BCUT2D eigenvalue weighted by Gasteiger charge is -2.07. The number of hydrogen-bond acceptors (Lipinski definition) is 5. The zero-order valence-electron chi connectivity index (χ0n) is 15.0. The van der Waals surface area contributed by atoms with Gasteiger partial charge < -0.3 is 4.57 Å². The van der Waals surface area contributed by atoms with Crippen molar-refractivity contribution >= 4 is 23.3 Å². The van der Waals surface area contributed by atoms with Gasteiger partial charge in [-0.2, -0.15) is 0 Å². The van der Waals surface area contributed by atoms with Crippen LogP contribution in [0.4, 0.5) is 4.39 Å². The van der Waals surface area contributed by atoms with Gasteiger partial charge in [0.05, 0.1) is 23.6 Å². The highest BCUT2D eigenvalue weighted by Gasteiger charge is 2.19. The number of hydrogen-bond donors (Lipinski definition) is 0. The molecule has 2 heterocycles. The first-order valence-corrected chi connectivity index (χ1v) is 9.31. The minimum absolute atomic E-state index is 0.0700. The van der Waals surface area contributed by atoms with Crippen molar-refractivity contribution in [2.75, 3.05) is 5.75 Å². The number of nitrogens with zero attached hydrogens (tertiary/aromatic N) is 3. The quantitative estimate of drug-likeness (QED) is 0.457. The number of ketones is 2. The number of Topliss-reactive ketones (excluding diaryl/α,β-unsaturated/α-hetero) is 2. The predicted molar refractivity (Wildman–Crippen MR) is 103 cm³/mol. The molecule has 3 aromatic rings. The molecule has 0 saturated heterocycles. The fraction of sp³-hybridized carbons (Fsp3) is 0.200. The van der Waals surface area contributed by atoms with Gasteiger partial charge in [0.2, 0.25) is 0 Å². The third-order valence-electron chi connectivity index (χ3n) is 3.93. The van der Waals surface area contributed by atoms with Crippen molar-refractivity contribution in [3.05, 3.63) is 54.6 Å². The molecule has 0 amide bonds. The van der Waals surface area contributed by atoms with E-state index in [1.807, 2.05) is 23.7 Å². The summed E-state index contributed by atoms with van der Waals surface area (Å²) in [6.07, 6.45) is 3.32. The second-order valence-corrected chi connectivity index (χ2v) is 7.04. The lowest BCUT2D eigenvalue weighted by Crippen LogP contribution is -2.07. The normalized spacial score (nSPS) is 10.8. The molecule has 0 aliphatic rings. The summed E-state index contributed by atoms with van der Waals surface area (Å²) in [6, 6.07) is 9.89. The van der Waals surface area contributed by atoms with Crippen LogP contribution in [-0.4, -0.2) is 31.9 Å². The van der Waals surface area contributed by atoms with E-state index in [2.05, 4.69) is 9.97 Å². The average molecular weight is 383 g/mol. The summed E-state index contributed by atoms with van der Waals surface area (Å²) in [7, 11) is 1.87. The standard InChI is InChI=1S/C20H18FN3O2S/c1-13(25)11-17(26)12-27-20-23-18(14-3-5-16(21)6-4-14)19(24(20)2)15-7-9-22-10-8-15/h3-10H,11-12H2,1-2H3. The smallest absolute Gasteiger partial charge is 0.169 e. The number of benzene rings is 1. The van der Waals surface area contributed by atoms with Gasteiger partial charge in [0.1, 0.15) is 11.6 Å². The molecular formula is C20H18FN3O2S. The second-order valence-electron chi connectivity index (χ2n) is 6.10. The molecule has 0 N–H and O–H groups in total. The highest BCUT2D eigenvalue weighted by molar-refractivity contribution is 7.99. The molecule has 27 heavy (non-hydrogen) atoms. The molecule has 2 aromatic heterocycles. The monoisotopic (exact) mass is 383 g/mol. The van der Waals surface area contributed by atoms with E-state index in [-0.39, 0.29) is 29.6 Å². The van der Waals surface area contributed by atoms with E-state index in [0.717, 1.165) is 16.8 Å². The Bertz CT molecular complexity index is 969. The molecule has 0 spiro atoms. The van der Waals surface area contributed by atoms with Gasteiger partial charge in [-0.15, -0.1) is 0 Å². The van der Waals surface area contributed by atoms with Crippen LogP contribution in [0.5, 0.6) is 0 Å². The topological polar surface area (TPSA) is 64.8 Å². The Morgan fingerprint density at radius 1 is 1.07 bits per heavy atom. The van der Waals surface area contributed by atoms with Gasteiger partial charge >= 0.3 is 0 Å². The molecule has 5 nitrogen and oxygen atoms in total. The number of carbonyl (C=O) groups is 2. The lowest BCUT2D eigenvalue weighted by atomic mass is 10.1. The zero-order chi connectivity index (χ0) is 19.4. The van der Waals surface area contributed by atoms with E-state index in [9.17, 15) is 14.0 Å². The van der Waals surface area contributed by atoms with Crippen LogP contribution < -0.4 is 0 Å². The molecule has 0 unspecified atom stereocenters. The number of rotatable bonds is 7. The Balaban J connectivity index is 2.00. The molecule has 0 bridgehead atoms. The Labute approximate surface area is 160 Å². The van der Waals surface area contributed by atoms with Crippen molar-refractivity contribution in [3.63, 3.8) is 0 Å². The van der Waals surface area contributed by atoms with Gasteiger partial charge in [-0.1, -0.05) is 11.8 Å². The molecule has 0 fully saturated rings. The second kappa shape index (κ2) is 8.26. The fourth-order valence-corrected chi connectivity index (χ4v) is 3.56. The van der Waals surface area contributed by atoms with Crippen LogP contribution in [0.3, 0.4) is 0 Å². The maximum absolute atomic E-state index is 13.3. The van der Waals surface area contributed by atoms with E-state index in [4.69, 9.17) is 0 Å². The SMILES string of the molecule is CC(=O)CC(=O)CSc1nc(-c2ccc(F)cc2)c(-c2ccncc2)n1C. The van der Waals surface area contributed by atoms with Crippen LogP contribution in [0, 0.1) is 5.82 Å². The Kier molecular flexibility index (Phi) is 5.81. The summed E-state index contributed by atoms with van der Waals surface area (Å²) < 4.78 is 15.2. The van der Waals surface area contributed by atoms with Crippen molar-refractivity contribution < 1.29 is 14.0 Å². The van der Waals surface area contributed by atoms with Gasteiger partial charge in [0, 0.05) is 30.6 Å². The summed E-state index contributed by atoms with van der Waals surface area (Å²) in [5, 5.41) is 0.651. The van der Waals surface area contributed by atoms with E-state index in [1.54, 1.807) is 24.5 Å². The average Bonchev–Trinajstić information content (AvgIpc) is 2.97. The Morgan fingerprint density at radius 2 is 1.74 bits per heavy atom. The Hall–Kier alpha value is -2.80. The van der Waals surface area contributed by atoms with Gasteiger partial charge in [-0.25, -0.2) is 9.37 Å². The highest BCUT2D eigenvalue weighted by atomic mass is 32.2. The molecule has 0 atom stereocenters. The molecule has 0 aliphatic heterocycles. The van der Waals surface area contributed by atoms with Gasteiger partial charge in [-0.3, -0.25) is 14.6 Å². The predicted octanol–water partition coefficient (Wildman–Crippen LogP) is 3.93. The van der Waals surface area contributed by atoms with Gasteiger partial charge in [-0.05, 0) is 43.3 Å². The first-order chi connectivity index (χ1) is 13.0. The summed E-state index contributed by atoms with van der Waals surface area (Å²) in [5.41, 5.74) is 3.25. The highest BCUT2D eigenvalue weighted by Crippen LogP contribution is 2.35. The minimum atomic E-state index is -0.315. The summed E-state index contributed by atoms with van der Waals surface area (Å²) in [6.45, 7) is 1.40. The van der Waals surface area contributed by atoms with Crippen LogP contribution in [0.25, 0.3) is 22.5 Å². The number of carbonyl (C=O) groups excluding carboxylic acids is 2. The van der Waals surface area contributed by atoms with Crippen molar-refractivity contribution in [2.24, 2.45) is 7.05 Å². The van der Waals surface area contributed by atoms with Crippen molar-refractivity contribution in [2.45, 2.75) is 18.5 Å². The summed E-state index contributed by atoms with van der Waals surface area (Å²) >= 11 is 1.29. The molecule has 0 saturated carbocycles. The minimum Gasteiger partial charge on any atom is -0.322 e. The number of imidazole rings is 1. The molecular weight excluding hydrogens is 365 g/mol. The number of thioether (sulfide) groups is 1. The number of aromatic nitrogens is 3. The van der Waals surface area contributed by atoms with E-state index < -0.39 is 0 Å². The van der Waals surface area contributed by atoms with Crippen LogP contribution in [0.2, 0.25) is 0 Å². The molecule has 1 aromatic carbocycles. The van der Waals surface area contributed by atoms with E-state index >= 15 is 0 Å². The van der Waals surface area contributed by atoms with Crippen molar-refractivity contribution in [1.29, 1.82) is 0 Å². The molecule has 7 heteroatoms. The molecule has 0 aliphatic carbocycles. The zero-order valence-corrected chi connectivity index (χ0v) is 15.8. The van der Waals surface area contributed by atoms with Gasteiger partial charge in [0.15, 0.2) is 10.9 Å². The number of pyridine rings is 1. The maximum atomic E-state index is 13.3. The Morgan fingerprint density at radius 3 is 2.37 bits per heavy atom. The van der Waals surface area contributed by atoms with Crippen molar-refractivity contribution in [1.82, 2.24) is 14.5 Å². The van der Waals surface area contributed by atoms with E-state index in [0.29, 0.717) is 10.9 Å². The molecule has 138 valence electrons. The maximum Gasteiger partial charge on any atom is 0.169 e. The third-order valence-corrected chi connectivity index (χ3v) is 5.02.